The van der Waals surface area contributed by atoms with Crippen LogP contribution in [-0.2, 0) is 9.84 Å². The zero-order valence-corrected chi connectivity index (χ0v) is 22.2. The van der Waals surface area contributed by atoms with Crippen LogP contribution in [0.4, 0.5) is 0 Å². The Hall–Kier alpha value is -2.08. The number of allylic oxidation sites excluding steroid dienone is 1. The highest BCUT2D eigenvalue weighted by Gasteiger charge is 2.34. The minimum Gasteiger partial charge on any atom is -0.355 e. The van der Waals surface area contributed by atoms with Crippen LogP contribution in [0.5, 0.6) is 0 Å². The molecular formula is C27H41N5O2S. The Balaban J connectivity index is 1.53. The first kappa shape index (κ1) is 26.0. The van der Waals surface area contributed by atoms with Gasteiger partial charge >= 0.3 is 0 Å². The summed E-state index contributed by atoms with van der Waals surface area (Å²) in [7, 11) is -3.88. The predicted octanol–water partition coefficient (Wildman–Crippen LogP) is 3.52. The smallest absolute Gasteiger partial charge is 0.220 e. The number of nitrogens with zero attached hydrogens (tertiary/aromatic N) is 5. The van der Waals surface area contributed by atoms with Crippen molar-refractivity contribution in [1.82, 2.24) is 19.6 Å². The van der Waals surface area contributed by atoms with Gasteiger partial charge in [-0.2, -0.15) is 5.26 Å². The van der Waals surface area contributed by atoms with E-state index in [2.05, 4.69) is 39.5 Å². The van der Waals surface area contributed by atoms with Gasteiger partial charge < -0.3 is 19.6 Å². The second-order valence-corrected chi connectivity index (χ2v) is 12.2. The summed E-state index contributed by atoms with van der Waals surface area (Å²) in [6.45, 7) is 12.0. The van der Waals surface area contributed by atoms with Gasteiger partial charge in [0.1, 0.15) is 11.9 Å². The van der Waals surface area contributed by atoms with Gasteiger partial charge in [-0.15, -0.1) is 0 Å². The Morgan fingerprint density at radius 2 is 1.37 bits per heavy atom. The Morgan fingerprint density at radius 3 is 1.80 bits per heavy atom. The SMILES string of the molecule is C[C@@H]1CCCN1CCCN1CCN(CCCN2CCC[C@@H]2C)C1=C(C#N)S(=O)(=O)c1ccccc1. The molecule has 35 heavy (non-hydrogen) atoms. The topological polar surface area (TPSA) is 70.9 Å². The second kappa shape index (κ2) is 11.8. The molecule has 192 valence electrons. The molecule has 3 saturated heterocycles. The van der Waals surface area contributed by atoms with Crippen LogP contribution in [0.3, 0.4) is 0 Å². The molecule has 1 aromatic rings. The normalized spacial score (nSPS) is 25.4. The lowest BCUT2D eigenvalue weighted by Crippen LogP contribution is -2.33. The molecule has 0 bridgehead atoms. The summed E-state index contributed by atoms with van der Waals surface area (Å²) in [5.74, 6) is 0.611. The van der Waals surface area contributed by atoms with Gasteiger partial charge in [0.25, 0.3) is 0 Å². The molecule has 0 aliphatic carbocycles. The molecule has 0 N–H and O–H groups in total. The lowest BCUT2D eigenvalue weighted by atomic mass is 10.2. The number of hydrogen-bond donors (Lipinski definition) is 0. The molecule has 0 spiro atoms. The van der Waals surface area contributed by atoms with E-state index in [1.807, 2.05) is 0 Å². The zero-order chi connectivity index (χ0) is 24.8. The maximum absolute atomic E-state index is 13.5. The molecule has 8 heteroatoms. The molecule has 3 aliphatic rings. The van der Waals surface area contributed by atoms with Gasteiger partial charge in [-0.25, -0.2) is 8.42 Å². The van der Waals surface area contributed by atoms with Crippen molar-refractivity contribution in [2.24, 2.45) is 0 Å². The fourth-order valence-electron chi connectivity index (χ4n) is 5.90. The number of nitriles is 1. The number of hydrogen-bond acceptors (Lipinski definition) is 7. The van der Waals surface area contributed by atoms with E-state index in [9.17, 15) is 13.7 Å². The molecule has 0 radical (unpaired) electrons. The molecule has 1 aromatic carbocycles. The maximum Gasteiger partial charge on any atom is 0.220 e. The summed E-state index contributed by atoms with van der Waals surface area (Å²) < 4.78 is 27.1. The van der Waals surface area contributed by atoms with Crippen molar-refractivity contribution in [2.75, 3.05) is 52.4 Å². The number of sulfone groups is 1. The van der Waals surface area contributed by atoms with E-state index in [-0.39, 0.29) is 9.80 Å². The van der Waals surface area contributed by atoms with E-state index >= 15 is 0 Å². The highest BCUT2D eigenvalue weighted by Crippen LogP contribution is 2.30. The van der Waals surface area contributed by atoms with E-state index in [4.69, 9.17) is 0 Å². The summed E-state index contributed by atoms with van der Waals surface area (Å²) in [6, 6.07) is 11.8. The van der Waals surface area contributed by atoms with Gasteiger partial charge in [0.15, 0.2) is 4.91 Å². The van der Waals surface area contributed by atoms with E-state index in [1.54, 1.807) is 30.3 Å². The first-order valence-corrected chi connectivity index (χ1v) is 14.8. The Kier molecular flexibility index (Phi) is 8.74. The number of rotatable bonds is 10. The van der Waals surface area contributed by atoms with Crippen LogP contribution in [0.25, 0.3) is 0 Å². The highest BCUT2D eigenvalue weighted by atomic mass is 32.2. The third-order valence-electron chi connectivity index (χ3n) is 7.99. The molecule has 3 heterocycles. The van der Waals surface area contributed by atoms with Gasteiger partial charge in [0, 0.05) is 51.4 Å². The van der Waals surface area contributed by atoms with Crippen LogP contribution in [0, 0.1) is 11.3 Å². The number of likely N-dealkylation sites (tertiary alicyclic amines) is 2. The second-order valence-electron chi connectivity index (χ2n) is 10.3. The van der Waals surface area contributed by atoms with Gasteiger partial charge in [0.05, 0.1) is 4.90 Å². The zero-order valence-electron chi connectivity index (χ0n) is 21.4. The minimum atomic E-state index is -3.88. The standard InChI is InChI=1S/C27H41N5O2S/c1-23-10-6-14-29(23)16-8-18-31-20-21-32(19-9-17-30-15-7-11-24(30)2)27(31)26(22-28)35(33,34)25-12-4-3-5-13-25/h3-5,12-13,23-24H,6-11,14-21H2,1-2H3/t23-,24+. The minimum absolute atomic E-state index is 0.106. The van der Waals surface area contributed by atoms with Crippen LogP contribution in [0.15, 0.2) is 46.0 Å². The maximum atomic E-state index is 13.5. The van der Waals surface area contributed by atoms with E-state index in [0.717, 1.165) is 65.2 Å². The Labute approximate surface area is 211 Å². The van der Waals surface area contributed by atoms with Crippen LogP contribution in [0.1, 0.15) is 52.4 Å². The molecule has 4 rings (SSSR count). The van der Waals surface area contributed by atoms with Crippen LogP contribution >= 0.6 is 0 Å². The quantitative estimate of drug-likeness (QED) is 0.456. The molecule has 0 unspecified atom stereocenters. The van der Waals surface area contributed by atoms with Crippen LogP contribution in [-0.4, -0.2) is 92.5 Å². The van der Waals surface area contributed by atoms with Crippen molar-refractivity contribution in [2.45, 2.75) is 69.4 Å². The molecule has 2 atom stereocenters. The largest absolute Gasteiger partial charge is 0.355 e. The van der Waals surface area contributed by atoms with E-state index in [0.29, 0.717) is 17.9 Å². The predicted molar refractivity (Wildman–Crippen MR) is 139 cm³/mol. The highest BCUT2D eigenvalue weighted by molar-refractivity contribution is 7.95. The van der Waals surface area contributed by atoms with Gasteiger partial charge in [-0.3, -0.25) is 0 Å². The fourth-order valence-corrected chi connectivity index (χ4v) is 7.27. The summed E-state index contributed by atoms with van der Waals surface area (Å²) >= 11 is 0. The average Bonchev–Trinajstić information content (AvgIpc) is 3.57. The molecular weight excluding hydrogens is 458 g/mol. The van der Waals surface area contributed by atoms with Crippen molar-refractivity contribution in [3.8, 4) is 6.07 Å². The van der Waals surface area contributed by atoms with Crippen molar-refractivity contribution in [3.05, 3.63) is 41.1 Å². The summed E-state index contributed by atoms with van der Waals surface area (Å²) in [5.41, 5.74) is 0. The van der Waals surface area contributed by atoms with Crippen molar-refractivity contribution in [3.63, 3.8) is 0 Å². The summed E-state index contributed by atoms with van der Waals surface area (Å²) in [4.78, 5) is 9.44. The Bertz CT molecular complexity index is 984. The van der Waals surface area contributed by atoms with Crippen LogP contribution in [0.2, 0.25) is 0 Å². The Morgan fingerprint density at radius 1 is 0.857 bits per heavy atom. The fraction of sp³-hybridized carbons (Fsp3) is 0.667. The van der Waals surface area contributed by atoms with E-state index < -0.39 is 9.84 Å². The first-order chi connectivity index (χ1) is 16.9. The molecule has 0 amide bonds. The number of benzene rings is 1. The summed E-state index contributed by atoms with van der Waals surface area (Å²) in [6.07, 6.45) is 6.97. The summed E-state index contributed by atoms with van der Waals surface area (Å²) in [5, 5.41) is 10.1. The monoisotopic (exact) mass is 499 g/mol. The molecule has 0 aromatic heterocycles. The molecule has 0 saturated carbocycles. The third-order valence-corrected chi connectivity index (χ3v) is 9.70. The lowest BCUT2D eigenvalue weighted by Gasteiger charge is -2.28. The average molecular weight is 500 g/mol. The lowest BCUT2D eigenvalue weighted by molar-refractivity contribution is 0.238. The third kappa shape index (κ3) is 6.02. The van der Waals surface area contributed by atoms with Crippen molar-refractivity contribution in [1.29, 1.82) is 5.26 Å². The van der Waals surface area contributed by atoms with Crippen molar-refractivity contribution >= 4 is 9.84 Å². The first-order valence-electron chi connectivity index (χ1n) is 13.3. The van der Waals surface area contributed by atoms with Gasteiger partial charge in [-0.1, -0.05) is 18.2 Å². The van der Waals surface area contributed by atoms with Gasteiger partial charge in [0.2, 0.25) is 9.84 Å². The molecule has 7 nitrogen and oxygen atoms in total. The molecule has 3 aliphatic heterocycles. The molecule has 3 fully saturated rings. The van der Waals surface area contributed by atoms with Crippen molar-refractivity contribution < 1.29 is 8.42 Å². The van der Waals surface area contributed by atoms with Crippen LogP contribution < -0.4 is 0 Å². The van der Waals surface area contributed by atoms with E-state index in [1.165, 1.54) is 25.7 Å². The van der Waals surface area contributed by atoms with Gasteiger partial charge in [-0.05, 0) is 77.6 Å².